The Kier molecular flexibility index (Phi) is 2.62. The number of morpholine rings is 1. The van der Waals surface area contributed by atoms with Crippen molar-refractivity contribution in [3.05, 3.63) is 40.3 Å². The number of benzene rings is 1. The van der Waals surface area contributed by atoms with Crippen LogP contribution in [0, 0.1) is 0 Å². The Morgan fingerprint density at radius 1 is 1.37 bits per heavy atom. The van der Waals surface area contributed by atoms with Crippen LogP contribution < -0.4 is 5.32 Å². The molecule has 1 unspecified atom stereocenters. The molecule has 5 heteroatoms. The lowest BCUT2D eigenvalue weighted by Gasteiger charge is -2.21. The zero-order valence-corrected chi connectivity index (χ0v) is 11.1. The first-order chi connectivity index (χ1) is 9.31. The van der Waals surface area contributed by atoms with Crippen molar-refractivity contribution in [2.45, 2.75) is 12.5 Å². The molecule has 0 bridgehead atoms. The molecular formula is C14H14ClN3O. The molecule has 1 aliphatic carbocycles. The fourth-order valence-corrected chi connectivity index (χ4v) is 3.01. The molecule has 1 aromatic carbocycles. The van der Waals surface area contributed by atoms with Gasteiger partial charge in [-0.3, -0.25) is 0 Å². The van der Waals surface area contributed by atoms with E-state index >= 15 is 0 Å². The van der Waals surface area contributed by atoms with Crippen LogP contribution >= 0.6 is 11.6 Å². The first-order valence-electron chi connectivity index (χ1n) is 6.50. The number of aromatic amines is 1. The summed E-state index contributed by atoms with van der Waals surface area (Å²) in [7, 11) is 0. The van der Waals surface area contributed by atoms with Gasteiger partial charge in [0.05, 0.1) is 24.9 Å². The highest BCUT2D eigenvalue weighted by Crippen LogP contribution is 2.37. The Morgan fingerprint density at radius 2 is 2.32 bits per heavy atom. The lowest BCUT2D eigenvalue weighted by Crippen LogP contribution is -2.35. The minimum absolute atomic E-state index is 0.176. The van der Waals surface area contributed by atoms with Crippen LogP contribution in [0.5, 0.6) is 0 Å². The standard InChI is InChI=1S/C14H14ClN3O/c15-9-1-2-10-8(5-9)6-11-13(10)18-14(17-11)12-7-19-4-3-16-12/h1-2,5,12,16H,3-4,6-7H2,(H,17,18). The number of fused-ring (bicyclic) bond motifs is 3. The van der Waals surface area contributed by atoms with Gasteiger partial charge in [-0.1, -0.05) is 17.7 Å². The maximum absolute atomic E-state index is 6.03. The molecule has 0 saturated carbocycles. The van der Waals surface area contributed by atoms with Crippen LogP contribution in [0.3, 0.4) is 0 Å². The zero-order valence-electron chi connectivity index (χ0n) is 10.4. The number of imidazole rings is 1. The first-order valence-corrected chi connectivity index (χ1v) is 6.88. The highest BCUT2D eigenvalue weighted by molar-refractivity contribution is 6.30. The van der Waals surface area contributed by atoms with Crippen LogP contribution in [0.15, 0.2) is 18.2 Å². The lowest BCUT2D eigenvalue weighted by molar-refractivity contribution is 0.0745. The Bertz CT molecular complexity index is 632. The van der Waals surface area contributed by atoms with E-state index in [4.69, 9.17) is 21.3 Å². The molecule has 1 aromatic heterocycles. The Morgan fingerprint density at radius 3 is 3.16 bits per heavy atom. The van der Waals surface area contributed by atoms with Crippen LogP contribution in [0.1, 0.15) is 23.1 Å². The van der Waals surface area contributed by atoms with E-state index in [-0.39, 0.29) is 6.04 Å². The monoisotopic (exact) mass is 275 g/mol. The number of rotatable bonds is 1. The van der Waals surface area contributed by atoms with Crippen molar-refractivity contribution < 1.29 is 4.74 Å². The topological polar surface area (TPSA) is 49.9 Å². The summed E-state index contributed by atoms with van der Waals surface area (Å²) < 4.78 is 5.48. The van der Waals surface area contributed by atoms with E-state index in [1.165, 1.54) is 16.8 Å². The van der Waals surface area contributed by atoms with Gasteiger partial charge < -0.3 is 15.0 Å². The third-order valence-corrected chi connectivity index (χ3v) is 3.97. The molecule has 98 valence electrons. The minimum atomic E-state index is 0.176. The molecule has 1 fully saturated rings. The molecule has 0 radical (unpaired) electrons. The summed E-state index contributed by atoms with van der Waals surface area (Å²) >= 11 is 6.03. The molecule has 1 aliphatic heterocycles. The van der Waals surface area contributed by atoms with Crippen molar-refractivity contribution in [1.29, 1.82) is 0 Å². The van der Waals surface area contributed by atoms with E-state index in [2.05, 4.69) is 16.4 Å². The fraction of sp³-hybridized carbons (Fsp3) is 0.357. The number of nitrogens with one attached hydrogen (secondary N) is 2. The Balaban J connectivity index is 1.71. The van der Waals surface area contributed by atoms with Crippen LogP contribution in [0.2, 0.25) is 5.02 Å². The van der Waals surface area contributed by atoms with Crippen molar-refractivity contribution >= 4 is 11.6 Å². The van der Waals surface area contributed by atoms with Gasteiger partial charge in [-0.25, -0.2) is 4.98 Å². The molecule has 1 saturated heterocycles. The number of nitrogens with zero attached hydrogens (tertiary/aromatic N) is 1. The lowest BCUT2D eigenvalue weighted by atomic mass is 10.1. The van der Waals surface area contributed by atoms with Gasteiger partial charge in [0.1, 0.15) is 5.82 Å². The molecule has 2 N–H and O–H groups in total. The van der Waals surface area contributed by atoms with E-state index in [0.29, 0.717) is 6.61 Å². The van der Waals surface area contributed by atoms with Crippen molar-refractivity contribution in [1.82, 2.24) is 15.3 Å². The van der Waals surface area contributed by atoms with E-state index < -0.39 is 0 Å². The minimum Gasteiger partial charge on any atom is -0.378 e. The summed E-state index contributed by atoms with van der Waals surface area (Å²) in [4.78, 5) is 8.18. The normalized spacial score (nSPS) is 21.2. The van der Waals surface area contributed by atoms with Crippen molar-refractivity contribution in [3.8, 4) is 11.3 Å². The van der Waals surface area contributed by atoms with Crippen molar-refractivity contribution in [2.24, 2.45) is 0 Å². The Hall–Kier alpha value is -1.36. The number of hydrogen-bond acceptors (Lipinski definition) is 3. The summed E-state index contributed by atoms with van der Waals surface area (Å²) in [5.74, 6) is 0.977. The molecule has 0 amide bonds. The summed E-state index contributed by atoms with van der Waals surface area (Å²) in [6, 6.07) is 6.17. The SMILES string of the molecule is Clc1ccc2c(c1)Cc1[nH]c(C3COCCN3)nc1-2. The van der Waals surface area contributed by atoms with Crippen molar-refractivity contribution in [2.75, 3.05) is 19.8 Å². The first kappa shape index (κ1) is 11.5. The molecule has 2 heterocycles. The van der Waals surface area contributed by atoms with Gasteiger partial charge in [0, 0.05) is 29.2 Å². The van der Waals surface area contributed by atoms with Gasteiger partial charge in [0.2, 0.25) is 0 Å². The van der Waals surface area contributed by atoms with Crippen LogP contribution in [0.4, 0.5) is 0 Å². The molecular weight excluding hydrogens is 262 g/mol. The maximum atomic E-state index is 6.03. The second-order valence-electron chi connectivity index (χ2n) is 5.01. The van der Waals surface area contributed by atoms with Gasteiger partial charge in [0.15, 0.2) is 0 Å². The fourth-order valence-electron chi connectivity index (χ4n) is 2.82. The molecule has 4 rings (SSSR count). The molecule has 4 nitrogen and oxygen atoms in total. The third kappa shape index (κ3) is 1.87. The second-order valence-corrected chi connectivity index (χ2v) is 5.45. The van der Waals surface area contributed by atoms with E-state index in [9.17, 15) is 0 Å². The molecule has 1 atom stereocenters. The highest BCUT2D eigenvalue weighted by Gasteiger charge is 2.26. The largest absolute Gasteiger partial charge is 0.378 e. The summed E-state index contributed by atoms with van der Waals surface area (Å²) in [5.41, 5.74) is 4.69. The van der Waals surface area contributed by atoms with Gasteiger partial charge >= 0.3 is 0 Å². The van der Waals surface area contributed by atoms with Crippen molar-refractivity contribution in [3.63, 3.8) is 0 Å². The number of H-pyrrole nitrogens is 1. The van der Waals surface area contributed by atoms with Crippen LogP contribution in [-0.4, -0.2) is 29.7 Å². The summed E-state index contributed by atoms with van der Waals surface area (Å²) in [5, 5.41) is 4.20. The molecule has 0 spiro atoms. The number of halogens is 1. The van der Waals surface area contributed by atoms with Crippen LogP contribution in [0.25, 0.3) is 11.3 Å². The average Bonchev–Trinajstić information content (AvgIpc) is 2.96. The van der Waals surface area contributed by atoms with Crippen LogP contribution in [-0.2, 0) is 11.2 Å². The van der Waals surface area contributed by atoms with E-state index in [1.54, 1.807) is 0 Å². The summed E-state index contributed by atoms with van der Waals surface area (Å²) in [6.07, 6.45) is 0.881. The van der Waals surface area contributed by atoms with Gasteiger partial charge in [-0.15, -0.1) is 0 Å². The average molecular weight is 276 g/mol. The number of hydrogen-bond donors (Lipinski definition) is 2. The van der Waals surface area contributed by atoms with Gasteiger partial charge in [0.25, 0.3) is 0 Å². The zero-order chi connectivity index (χ0) is 12.8. The van der Waals surface area contributed by atoms with Gasteiger partial charge in [-0.05, 0) is 17.7 Å². The predicted octanol–water partition coefficient (Wildman–Crippen LogP) is 2.30. The number of ether oxygens (including phenoxy) is 1. The Labute approximate surface area is 116 Å². The second kappa shape index (κ2) is 4.34. The predicted molar refractivity (Wildman–Crippen MR) is 73.4 cm³/mol. The quantitative estimate of drug-likeness (QED) is 0.716. The third-order valence-electron chi connectivity index (χ3n) is 3.74. The number of aromatic nitrogens is 2. The highest BCUT2D eigenvalue weighted by atomic mass is 35.5. The molecule has 2 aliphatic rings. The maximum Gasteiger partial charge on any atom is 0.126 e. The summed E-state index contributed by atoms with van der Waals surface area (Å²) in [6.45, 7) is 2.33. The smallest absolute Gasteiger partial charge is 0.126 e. The molecule has 2 aromatic rings. The van der Waals surface area contributed by atoms with Gasteiger partial charge in [-0.2, -0.15) is 0 Å². The molecule has 19 heavy (non-hydrogen) atoms. The van der Waals surface area contributed by atoms with E-state index in [0.717, 1.165) is 36.1 Å². The van der Waals surface area contributed by atoms with E-state index in [1.807, 2.05) is 12.1 Å².